The minimum absolute atomic E-state index is 0.239. The molecule has 0 fully saturated rings. The average molecular weight is 490 g/mol. The van der Waals surface area contributed by atoms with Crippen LogP contribution in [0.5, 0.6) is 23.0 Å². The van der Waals surface area contributed by atoms with Gasteiger partial charge in [-0.2, -0.15) is 0 Å². The highest BCUT2D eigenvalue weighted by Crippen LogP contribution is 2.33. The molecule has 0 bridgehead atoms. The number of rotatable bonds is 9. The second-order valence-electron chi connectivity index (χ2n) is 7.81. The molecule has 0 spiro atoms. The van der Waals surface area contributed by atoms with Crippen molar-refractivity contribution in [2.75, 3.05) is 27.4 Å². The number of para-hydroxylation sites is 2. The number of carbonyl (C=O) groups is 2. The predicted octanol–water partition coefficient (Wildman–Crippen LogP) is 5.12. The van der Waals surface area contributed by atoms with Gasteiger partial charge in [0.1, 0.15) is 11.5 Å². The third-order valence-electron chi connectivity index (χ3n) is 5.63. The Kier molecular flexibility index (Phi) is 7.44. The maximum Gasteiger partial charge on any atom is 0.349 e. The molecule has 8 nitrogen and oxygen atoms in total. The third kappa shape index (κ3) is 4.98. The van der Waals surface area contributed by atoms with Crippen LogP contribution in [0, 0.1) is 6.92 Å². The summed E-state index contributed by atoms with van der Waals surface area (Å²) in [4.78, 5) is 25.4. The lowest BCUT2D eigenvalue weighted by Crippen LogP contribution is -2.18. The standard InChI is InChI=1S/C28H27NO7/c1-5-34-28(31)27-18(2)29(19-10-12-20(32-3)13-11-19)23-15-14-21(16-22(23)27)36-26(30)17-35-25-9-7-6-8-24(25)33-4/h6-16H,5,17H2,1-4H3. The number of nitrogens with zero attached hydrogens (tertiary/aromatic N) is 1. The highest BCUT2D eigenvalue weighted by Gasteiger charge is 2.23. The van der Waals surface area contributed by atoms with Crippen LogP contribution < -0.4 is 18.9 Å². The van der Waals surface area contributed by atoms with E-state index < -0.39 is 11.9 Å². The van der Waals surface area contributed by atoms with E-state index in [0.717, 1.165) is 17.0 Å². The monoisotopic (exact) mass is 489 g/mol. The SMILES string of the molecule is CCOC(=O)c1c(C)n(-c2ccc(OC)cc2)c2ccc(OC(=O)COc3ccccc3OC)cc12. The summed E-state index contributed by atoms with van der Waals surface area (Å²) < 4.78 is 28.8. The van der Waals surface area contributed by atoms with Crippen molar-refractivity contribution in [1.29, 1.82) is 0 Å². The fourth-order valence-electron chi connectivity index (χ4n) is 4.02. The Morgan fingerprint density at radius 1 is 0.861 bits per heavy atom. The lowest BCUT2D eigenvalue weighted by molar-refractivity contribution is -0.136. The van der Waals surface area contributed by atoms with Crippen molar-refractivity contribution < 1.29 is 33.3 Å². The minimum atomic E-state index is -0.593. The molecule has 0 unspecified atom stereocenters. The highest BCUT2D eigenvalue weighted by atomic mass is 16.6. The zero-order valence-corrected chi connectivity index (χ0v) is 20.6. The molecule has 8 heteroatoms. The Hall–Kier alpha value is -4.46. The number of carbonyl (C=O) groups excluding carboxylic acids is 2. The number of fused-ring (bicyclic) bond motifs is 1. The molecular weight excluding hydrogens is 462 g/mol. The first-order chi connectivity index (χ1) is 17.5. The first-order valence-corrected chi connectivity index (χ1v) is 11.4. The molecule has 0 amide bonds. The molecule has 0 atom stereocenters. The molecule has 0 saturated carbocycles. The van der Waals surface area contributed by atoms with Crippen molar-refractivity contribution in [2.24, 2.45) is 0 Å². The van der Waals surface area contributed by atoms with Gasteiger partial charge >= 0.3 is 11.9 Å². The number of esters is 2. The molecular formula is C28H27NO7. The number of methoxy groups -OCH3 is 2. The van der Waals surface area contributed by atoms with E-state index in [1.54, 1.807) is 56.5 Å². The maximum absolute atomic E-state index is 12.9. The van der Waals surface area contributed by atoms with Crippen molar-refractivity contribution in [3.05, 3.63) is 78.0 Å². The molecule has 4 rings (SSSR count). The number of benzene rings is 3. The molecule has 186 valence electrons. The Morgan fingerprint density at radius 2 is 1.56 bits per heavy atom. The van der Waals surface area contributed by atoms with Crippen LogP contribution in [-0.2, 0) is 9.53 Å². The number of aromatic nitrogens is 1. The largest absolute Gasteiger partial charge is 0.497 e. The first-order valence-electron chi connectivity index (χ1n) is 11.4. The van der Waals surface area contributed by atoms with Crippen LogP contribution >= 0.6 is 0 Å². The molecule has 0 aliphatic rings. The minimum Gasteiger partial charge on any atom is -0.497 e. The van der Waals surface area contributed by atoms with Gasteiger partial charge in [-0.15, -0.1) is 0 Å². The fraction of sp³-hybridized carbons (Fsp3) is 0.214. The zero-order valence-electron chi connectivity index (χ0n) is 20.6. The van der Waals surface area contributed by atoms with Crippen LogP contribution in [-0.4, -0.2) is 43.9 Å². The normalized spacial score (nSPS) is 10.7. The van der Waals surface area contributed by atoms with E-state index in [2.05, 4.69) is 0 Å². The van der Waals surface area contributed by atoms with Gasteiger partial charge < -0.3 is 28.3 Å². The molecule has 1 heterocycles. The molecule has 0 radical (unpaired) electrons. The van der Waals surface area contributed by atoms with Gasteiger partial charge in [0.25, 0.3) is 0 Å². The van der Waals surface area contributed by atoms with Gasteiger partial charge in [0.2, 0.25) is 0 Å². The van der Waals surface area contributed by atoms with Gasteiger partial charge in [0, 0.05) is 16.8 Å². The predicted molar refractivity (Wildman–Crippen MR) is 135 cm³/mol. The van der Waals surface area contributed by atoms with E-state index in [-0.39, 0.29) is 19.0 Å². The first kappa shape index (κ1) is 24.7. The Balaban J connectivity index is 1.65. The molecule has 0 N–H and O–H groups in total. The lowest BCUT2D eigenvalue weighted by atomic mass is 10.1. The topological polar surface area (TPSA) is 85.2 Å². The smallest absolute Gasteiger partial charge is 0.349 e. The van der Waals surface area contributed by atoms with Gasteiger partial charge in [-0.25, -0.2) is 9.59 Å². The van der Waals surface area contributed by atoms with E-state index in [9.17, 15) is 9.59 Å². The van der Waals surface area contributed by atoms with Crippen LogP contribution in [0.25, 0.3) is 16.6 Å². The second kappa shape index (κ2) is 10.9. The summed E-state index contributed by atoms with van der Waals surface area (Å²) in [7, 11) is 3.13. The Bertz CT molecular complexity index is 1390. The third-order valence-corrected chi connectivity index (χ3v) is 5.63. The van der Waals surface area contributed by atoms with Crippen LogP contribution in [0.2, 0.25) is 0 Å². The Morgan fingerprint density at radius 3 is 2.22 bits per heavy atom. The molecule has 4 aromatic rings. The van der Waals surface area contributed by atoms with E-state index in [0.29, 0.717) is 28.1 Å². The molecule has 0 saturated heterocycles. The summed E-state index contributed by atoms with van der Waals surface area (Å²) in [6.07, 6.45) is 0. The van der Waals surface area contributed by atoms with Crippen molar-refractivity contribution in [1.82, 2.24) is 4.57 Å². The number of hydrogen-bond acceptors (Lipinski definition) is 7. The van der Waals surface area contributed by atoms with Gasteiger partial charge in [-0.3, -0.25) is 0 Å². The van der Waals surface area contributed by atoms with Gasteiger partial charge in [-0.1, -0.05) is 12.1 Å². The summed E-state index contributed by atoms with van der Waals surface area (Å²) in [5.74, 6) is 0.918. The number of hydrogen-bond donors (Lipinski definition) is 0. The fourth-order valence-corrected chi connectivity index (χ4v) is 4.02. The van der Waals surface area contributed by atoms with Crippen molar-refractivity contribution in [3.8, 4) is 28.7 Å². The second-order valence-corrected chi connectivity index (χ2v) is 7.81. The zero-order chi connectivity index (χ0) is 25.7. The van der Waals surface area contributed by atoms with Crippen molar-refractivity contribution in [3.63, 3.8) is 0 Å². The Labute approximate surface area is 208 Å². The van der Waals surface area contributed by atoms with Crippen LogP contribution in [0.3, 0.4) is 0 Å². The van der Waals surface area contributed by atoms with Crippen molar-refractivity contribution in [2.45, 2.75) is 13.8 Å². The quantitative estimate of drug-likeness (QED) is 0.238. The summed E-state index contributed by atoms with van der Waals surface area (Å²) in [5.41, 5.74) is 2.73. The average Bonchev–Trinajstić information content (AvgIpc) is 3.18. The van der Waals surface area contributed by atoms with Gasteiger partial charge in [0.15, 0.2) is 18.1 Å². The molecule has 0 aliphatic heterocycles. The van der Waals surface area contributed by atoms with E-state index >= 15 is 0 Å². The molecule has 1 aromatic heterocycles. The summed E-state index contributed by atoms with van der Waals surface area (Å²) >= 11 is 0. The lowest BCUT2D eigenvalue weighted by Gasteiger charge is -2.11. The van der Waals surface area contributed by atoms with Gasteiger partial charge in [-0.05, 0) is 68.4 Å². The molecule has 3 aromatic carbocycles. The summed E-state index contributed by atoms with van der Waals surface area (Å²) in [6, 6.07) is 19.7. The van der Waals surface area contributed by atoms with Crippen LogP contribution in [0.1, 0.15) is 23.0 Å². The summed E-state index contributed by atoms with van der Waals surface area (Å²) in [6.45, 7) is 3.53. The number of ether oxygens (including phenoxy) is 5. The molecule has 36 heavy (non-hydrogen) atoms. The molecule has 0 aliphatic carbocycles. The van der Waals surface area contributed by atoms with Crippen LogP contribution in [0.4, 0.5) is 0 Å². The van der Waals surface area contributed by atoms with Crippen LogP contribution in [0.15, 0.2) is 66.7 Å². The van der Waals surface area contributed by atoms with E-state index in [1.165, 1.54) is 7.11 Å². The van der Waals surface area contributed by atoms with E-state index in [4.69, 9.17) is 23.7 Å². The summed E-state index contributed by atoms with van der Waals surface area (Å²) in [5, 5.41) is 0.609. The maximum atomic E-state index is 12.9. The van der Waals surface area contributed by atoms with E-state index in [1.807, 2.05) is 35.8 Å². The van der Waals surface area contributed by atoms with Crippen molar-refractivity contribution >= 4 is 22.8 Å². The van der Waals surface area contributed by atoms with Gasteiger partial charge in [0.05, 0.1) is 31.9 Å². The highest BCUT2D eigenvalue weighted by molar-refractivity contribution is 6.07.